The lowest BCUT2D eigenvalue weighted by atomic mass is 9.69. The van der Waals surface area contributed by atoms with E-state index in [1.54, 1.807) is 39.3 Å². The van der Waals surface area contributed by atoms with Gasteiger partial charge in [-0.2, -0.15) is 0 Å². The minimum Gasteiger partial charge on any atom is -0.508 e. The van der Waals surface area contributed by atoms with Crippen molar-refractivity contribution in [2.24, 2.45) is 10.9 Å². The molecular weight excluding hydrogens is 462 g/mol. The number of aliphatic imine (C=N–C) groups is 1. The van der Waals surface area contributed by atoms with Crippen LogP contribution in [-0.2, 0) is 19.1 Å². The van der Waals surface area contributed by atoms with Gasteiger partial charge in [0.05, 0.1) is 20.8 Å². The molecule has 2 aromatic rings. The predicted octanol–water partition coefficient (Wildman–Crippen LogP) is 4.17. The number of rotatable bonds is 8. The van der Waals surface area contributed by atoms with Crippen LogP contribution < -0.4 is 9.47 Å². The van der Waals surface area contributed by atoms with Crippen molar-refractivity contribution in [1.82, 2.24) is 0 Å². The maximum absolute atomic E-state index is 13.7. The van der Waals surface area contributed by atoms with Crippen LogP contribution in [0.2, 0.25) is 0 Å². The fourth-order valence-electron chi connectivity index (χ4n) is 5.10. The second kappa shape index (κ2) is 11.0. The molecule has 1 aliphatic carbocycles. The molecule has 4 rings (SSSR count). The number of methoxy groups -OCH3 is 3. The molecule has 0 aromatic heterocycles. The predicted molar refractivity (Wildman–Crippen MR) is 134 cm³/mol. The third kappa shape index (κ3) is 4.99. The number of hydrogen-bond acceptors (Lipinski definition) is 8. The second-order valence-electron chi connectivity index (χ2n) is 8.97. The average Bonchev–Trinajstić information content (AvgIpc) is 2.87. The number of nitrogens with zero attached hydrogens (tertiary/aromatic N) is 1. The van der Waals surface area contributed by atoms with Gasteiger partial charge in [-0.15, -0.1) is 0 Å². The lowest BCUT2D eigenvalue weighted by Crippen LogP contribution is -2.38. The summed E-state index contributed by atoms with van der Waals surface area (Å²) in [6.07, 6.45) is 0.804. The van der Waals surface area contributed by atoms with Crippen molar-refractivity contribution in [3.63, 3.8) is 0 Å². The Labute approximate surface area is 210 Å². The highest BCUT2D eigenvalue weighted by molar-refractivity contribution is 6.09. The fourth-order valence-corrected chi connectivity index (χ4v) is 5.10. The summed E-state index contributed by atoms with van der Waals surface area (Å²) in [4.78, 5) is 31.6. The van der Waals surface area contributed by atoms with Crippen molar-refractivity contribution < 1.29 is 33.6 Å². The van der Waals surface area contributed by atoms with Crippen molar-refractivity contribution in [3.8, 4) is 17.2 Å². The van der Waals surface area contributed by atoms with Crippen LogP contribution in [0.3, 0.4) is 0 Å². The molecule has 1 heterocycles. The van der Waals surface area contributed by atoms with E-state index in [0.717, 1.165) is 5.56 Å². The first-order valence-electron chi connectivity index (χ1n) is 11.9. The quantitative estimate of drug-likeness (QED) is 0.435. The molecule has 3 atom stereocenters. The summed E-state index contributed by atoms with van der Waals surface area (Å²) in [5.41, 5.74) is 3.37. The number of aromatic hydroxyl groups is 1. The van der Waals surface area contributed by atoms with Gasteiger partial charge in [0, 0.05) is 36.4 Å². The van der Waals surface area contributed by atoms with Gasteiger partial charge >= 0.3 is 5.97 Å². The Morgan fingerprint density at radius 2 is 1.78 bits per heavy atom. The van der Waals surface area contributed by atoms with E-state index < -0.39 is 17.8 Å². The largest absolute Gasteiger partial charge is 0.508 e. The maximum atomic E-state index is 13.7. The summed E-state index contributed by atoms with van der Waals surface area (Å²) in [6, 6.07) is 12.3. The standard InChI is InChI=1S/C28H31NO7/c1-16-25(28(32)36-11-10-33-2)26(18-6-5-7-20(30)12-18)27-21(29-16)13-19(14-22(27)31)17-8-9-23(34-3)24(15-17)35-4/h5-9,12,15,19,25-26,30H,10-11,13-14H2,1-4H3/t19-,25?,26-/m0/s1. The van der Waals surface area contributed by atoms with Crippen LogP contribution >= 0.6 is 0 Å². The van der Waals surface area contributed by atoms with Crippen LogP contribution in [0.1, 0.15) is 42.7 Å². The van der Waals surface area contributed by atoms with E-state index in [1.165, 1.54) is 7.11 Å². The van der Waals surface area contributed by atoms with Crippen LogP contribution in [0.15, 0.2) is 58.7 Å². The van der Waals surface area contributed by atoms with E-state index in [9.17, 15) is 14.7 Å². The Bertz CT molecular complexity index is 1220. The molecule has 0 saturated heterocycles. The second-order valence-corrected chi connectivity index (χ2v) is 8.97. The monoisotopic (exact) mass is 493 g/mol. The summed E-state index contributed by atoms with van der Waals surface area (Å²) in [5, 5.41) is 10.2. The highest BCUT2D eigenvalue weighted by Crippen LogP contribution is 2.47. The zero-order chi connectivity index (χ0) is 25.8. The maximum Gasteiger partial charge on any atom is 0.315 e. The van der Waals surface area contributed by atoms with Gasteiger partial charge in [0.2, 0.25) is 0 Å². The van der Waals surface area contributed by atoms with Crippen molar-refractivity contribution >= 4 is 17.5 Å². The number of allylic oxidation sites excluding steroid dienone is 2. The lowest BCUT2D eigenvalue weighted by molar-refractivity contribution is -0.147. The van der Waals surface area contributed by atoms with Gasteiger partial charge in [-0.05, 0) is 54.7 Å². The lowest BCUT2D eigenvalue weighted by Gasteiger charge is -2.36. The number of benzene rings is 2. The summed E-state index contributed by atoms with van der Waals surface area (Å²) in [6.45, 7) is 2.16. The topological polar surface area (TPSA) is 104 Å². The van der Waals surface area contributed by atoms with Gasteiger partial charge in [-0.1, -0.05) is 18.2 Å². The number of ether oxygens (including phenoxy) is 4. The van der Waals surface area contributed by atoms with Crippen LogP contribution in [0.25, 0.3) is 0 Å². The van der Waals surface area contributed by atoms with E-state index in [1.807, 2.05) is 24.3 Å². The summed E-state index contributed by atoms with van der Waals surface area (Å²) in [5.74, 6) is -0.730. The molecule has 0 radical (unpaired) electrons. The Balaban J connectivity index is 1.74. The molecule has 0 amide bonds. The van der Waals surface area contributed by atoms with Gasteiger partial charge in [0.25, 0.3) is 0 Å². The third-order valence-electron chi connectivity index (χ3n) is 6.78. The summed E-state index contributed by atoms with van der Waals surface area (Å²) in [7, 11) is 4.69. The molecule has 36 heavy (non-hydrogen) atoms. The van der Waals surface area contributed by atoms with E-state index in [-0.39, 0.29) is 37.1 Å². The molecule has 1 unspecified atom stereocenters. The molecule has 1 N–H and O–H groups in total. The first-order chi connectivity index (χ1) is 17.4. The van der Waals surface area contributed by atoms with Crippen molar-refractivity contribution in [1.29, 1.82) is 0 Å². The minimum absolute atomic E-state index is 0.0628. The van der Waals surface area contributed by atoms with Gasteiger partial charge < -0.3 is 24.1 Å². The Kier molecular flexibility index (Phi) is 7.74. The molecular formula is C28H31NO7. The van der Waals surface area contributed by atoms with Crippen molar-refractivity contribution in [2.45, 2.75) is 31.6 Å². The number of ketones is 1. The van der Waals surface area contributed by atoms with E-state index >= 15 is 0 Å². The summed E-state index contributed by atoms with van der Waals surface area (Å²) >= 11 is 0. The van der Waals surface area contributed by atoms with Gasteiger partial charge in [-0.25, -0.2) is 0 Å². The number of carbonyl (C=O) groups excluding carboxylic acids is 2. The molecule has 190 valence electrons. The third-order valence-corrected chi connectivity index (χ3v) is 6.78. The average molecular weight is 494 g/mol. The zero-order valence-electron chi connectivity index (χ0n) is 20.9. The first-order valence-corrected chi connectivity index (χ1v) is 11.9. The molecule has 2 aliphatic rings. The SMILES string of the molecule is COCCOC(=O)C1C(C)=NC2=C(C(=O)C[C@@H](c3ccc(OC)c(OC)c3)C2)[C@H]1c1cccc(O)c1. The van der Waals surface area contributed by atoms with Crippen LogP contribution in [0, 0.1) is 5.92 Å². The molecule has 8 nitrogen and oxygen atoms in total. The highest BCUT2D eigenvalue weighted by atomic mass is 16.6. The van der Waals surface area contributed by atoms with Crippen molar-refractivity contribution in [3.05, 3.63) is 64.9 Å². The van der Waals surface area contributed by atoms with Gasteiger partial charge in [0.1, 0.15) is 18.3 Å². The smallest absolute Gasteiger partial charge is 0.315 e. The van der Waals surface area contributed by atoms with Gasteiger partial charge in [-0.3, -0.25) is 14.6 Å². The van der Waals surface area contributed by atoms with Crippen LogP contribution in [0.5, 0.6) is 17.2 Å². The number of esters is 1. The van der Waals surface area contributed by atoms with Crippen LogP contribution in [0.4, 0.5) is 0 Å². The van der Waals surface area contributed by atoms with E-state index in [2.05, 4.69) is 0 Å². The Morgan fingerprint density at radius 3 is 2.47 bits per heavy atom. The summed E-state index contributed by atoms with van der Waals surface area (Å²) < 4.78 is 21.3. The molecule has 0 bridgehead atoms. The molecule has 0 fully saturated rings. The number of phenolic OH excluding ortho intramolecular Hbond substituents is 1. The number of hydrogen-bond donors (Lipinski definition) is 1. The van der Waals surface area contributed by atoms with Crippen molar-refractivity contribution in [2.75, 3.05) is 34.5 Å². The van der Waals surface area contributed by atoms with E-state index in [4.69, 9.17) is 23.9 Å². The number of phenols is 1. The molecule has 2 aromatic carbocycles. The number of Topliss-reactive ketones (excluding diaryl/α,β-unsaturated/α-hetero) is 1. The zero-order valence-corrected chi connectivity index (χ0v) is 20.9. The minimum atomic E-state index is -0.774. The number of carbonyl (C=O) groups is 2. The normalized spacial score (nSPS) is 21.5. The molecule has 0 spiro atoms. The first kappa shape index (κ1) is 25.4. The van der Waals surface area contributed by atoms with Gasteiger partial charge in [0.15, 0.2) is 17.3 Å². The highest BCUT2D eigenvalue weighted by Gasteiger charge is 2.45. The molecule has 1 aliphatic heterocycles. The fraction of sp³-hybridized carbons (Fsp3) is 0.393. The Morgan fingerprint density at radius 1 is 1.00 bits per heavy atom. The van der Waals surface area contributed by atoms with E-state index in [0.29, 0.717) is 40.5 Å². The Hall–Kier alpha value is -3.65. The molecule has 8 heteroatoms. The molecule has 0 saturated carbocycles. The van der Waals surface area contributed by atoms with Crippen LogP contribution in [-0.4, -0.2) is 57.1 Å².